The van der Waals surface area contributed by atoms with Gasteiger partial charge in [0, 0.05) is 25.3 Å². The van der Waals surface area contributed by atoms with E-state index in [1.165, 1.54) is 10.5 Å². The van der Waals surface area contributed by atoms with E-state index in [0.29, 0.717) is 18.0 Å². The van der Waals surface area contributed by atoms with Gasteiger partial charge >= 0.3 is 0 Å². The lowest BCUT2D eigenvalue weighted by atomic mass is 9.90. The van der Waals surface area contributed by atoms with Crippen molar-refractivity contribution >= 4 is 17.5 Å². The highest BCUT2D eigenvalue weighted by molar-refractivity contribution is 5.96. The van der Waals surface area contributed by atoms with Crippen molar-refractivity contribution in [3.63, 3.8) is 0 Å². The summed E-state index contributed by atoms with van der Waals surface area (Å²) in [6.45, 7) is 2.33. The number of benzene rings is 2. The Balaban J connectivity index is 1.42. The van der Waals surface area contributed by atoms with Crippen LogP contribution in [0.1, 0.15) is 28.8 Å². The van der Waals surface area contributed by atoms with Crippen LogP contribution in [0.4, 0.5) is 5.69 Å². The zero-order valence-electron chi connectivity index (χ0n) is 16.7. The number of carbonyl (C=O) groups is 2. The molecule has 28 heavy (non-hydrogen) atoms. The molecule has 2 aromatic rings. The number of hydrogen-bond donors (Lipinski definition) is 1. The number of anilines is 1. The molecule has 0 atom stereocenters. The van der Waals surface area contributed by atoms with E-state index in [1.54, 1.807) is 38.4 Å². The third-order valence-corrected chi connectivity index (χ3v) is 5.26. The summed E-state index contributed by atoms with van der Waals surface area (Å²) < 4.78 is 0. The van der Waals surface area contributed by atoms with Crippen molar-refractivity contribution in [1.82, 2.24) is 9.80 Å². The quantitative estimate of drug-likeness (QED) is 0.838. The minimum absolute atomic E-state index is 0.00630. The summed E-state index contributed by atoms with van der Waals surface area (Å²) in [6, 6.07) is 17.7. The zero-order chi connectivity index (χ0) is 19.9. The van der Waals surface area contributed by atoms with Crippen molar-refractivity contribution in [2.24, 2.45) is 5.92 Å². The second-order valence-corrected chi connectivity index (χ2v) is 7.73. The molecule has 148 valence electrons. The van der Waals surface area contributed by atoms with E-state index in [1.807, 2.05) is 0 Å². The van der Waals surface area contributed by atoms with Crippen LogP contribution in [0, 0.1) is 5.92 Å². The van der Waals surface area contributed by atoms with Crippen molar-refractivity contribution in [1.29, 1.82) is 0 Å². The lowest BCUT2D eigenvalue weighted by molar-refractivity contribution is -0.117. The van der Waals surface area contributed by atoms with E-state index in [-0.39, 0.29) is 11.8 Å². The Labute approximate surface area is 167 Å². The number of carbonyl (C=O) groups excluding carboxylic acids is 2. The summed E-state index contributed by atoms with van der Waals surface area (Å²) in [6.07, 6.45) is 3.38. The lowest BCUT2D eigenvalue weighted by Crippen LogP contribution is -2.39. The molecule has 1 aliphatic rings. The lowest BCUT2D eigenvalue weighted by Gasteiger charge is -2.31. The summed E-state index contributed by atoms with van der Waals surface area (Å²) in [5.74, 6) is 0.646. The van der Waals surface area contributed by atoms with Crippen LogP contribution in [0.3, 0.4) is 0 Å². The maximum absolute atomic E-state index is 12.4. The van der Waals surface area contributed by atoms with E-state index in [0.717, 1.165) is 38.0 Å². The smallest absolute Gasteiger partial charge is 0.253 e. The van der Waals surface area contributed by atoms with Gasteiger partial charge in [0.15, 0.2) is 0 Å². The third kappa shape index (κ3) is 5.67. The molecule has 0 saturated carbocycles. The van der Waals surface area contributed by atoms with Crippen molar-refractivity contribution in [3.8, 4) is 0 Å². The average Bonchev–Trinajstić information content (AvgIpc) is 2.70. The van der Waals surface area contributed by atoms with Gasteiger partial charge in [0.2, 0.25) is 5.91 Å². The average molecular weight is 380 g/mol. The molecule has 5 heteroatoms. The molecule has 1 N–H and O–H groups in total. The molecular formula is C23H29N3O2. The number of nitrogens with one attached hydrogen (secondary N) is 1. The molecule has 1 saturated heterocycles. The van der Waals surface area contributed by atoms with E-state index >= 15 is 0 Å². The van der Waals surface area contributed by atoms with Crippen LogP contribution >= 0.6 is 0 Å². The van der Waals surface area contributed by atoms with Gasteiger partial charge in [-0.05, 0) is 68.1 Å². The second kappa shape index (κ2) is 9.51. The molecule has 2 amide bonds. The van der Waals surface area contributed by atoms with E-state index in [4.69, 9.17) is 0 Å². The van der Waals surface area contributed by atoms with Gasteiger partial charge in [0.05, 0.1) is 6.54 Å². The number of amides is 2. The first kappa shape index (κ1) is 20.1. The molecule has 1 aliphatic heterocycles. The van der Waals surface area contributed by atoms with E-state index in [2.05, 4.69) is 40.5 Å². The maximum Gasteiger partial charge on any atom is 0.253 e. The Bertz CT molecular complexity index is 779. The number of piperidine rings is 1. The van der Waals surface area contributed by atoms with Gasteiger partial charge in [-0.15, -0.1) is 0 Å². The summed E-state index contributed by atoms with van der Waals surface area (Å²) in [7, 11) is 3.45. The molecule has 0 unspecified atom stereocenters. The van der Waals surface area contributed by atoms with Gasteiger partial charge in [-0.1, -0.05) is 30.3 Å². The fourth-order valence-corrected chi connectivity index (χ4v) is 3.65. The fraction of sp³-hybridized carbons (Fsp3) is 0.391. The maximum atomic E-state index is 12.4. The van der Waals surface area contributed by atoms with Crippen LogP contribution in [0.25, 0.3) is 0 Å². The SMILES string of the molecule is CN(C)C(=O)c1ccc(NC(=O)CN2CCC(Cc3ccccc3)CC2)cc1. The molecule has 1 fully saturated rings. The Morgan fingerprint density at radius 3 is 2.25 bits per heavy atom. The molecule has 3 rings (SSSR count). The highest BCUT2D eigenvalue weighted by atomic mass is 16.2. The minimum atomic E-state index is -0.0451. The van der Waals surface area contributed by atoms with Crippen molar-refractivity contribution in [3.05, 3.63) is 65.7 Å². The second-order valence-electron chi connectivity index (χ2n) is 7.73. The molecule has 0 spiro atoms. The van der Waals surface area contributed by atoms with Crippen LogP contribution < -0.4 is 5.32 Å². The van der Waals surface area contributed by atoms with Gasteiger partial charge in [0.25, 0.3) is 5.91 Å². The molecular weight excluding hydrogens is 350 g/mol. The summed E-state index contributed by atoms with van der Waals surface area (Å²) in [5, 5.41) is 2.93. The van der Waals surface area contributed by atoms with Crippen LogP contribution in [0.5, 0.6) is 0 Å². The largest absolute Gasteiger partial charge is 0.345 e. The molecule has 0 radical (unpaired) electrons. The van der Waals surface area contributed by atoms with Crippen LogP contribution in [0.2, 0.25) is 0 Å². The Morgan fingerprint density at radius 2 is 1.64 bits per heavy atom. The van der Waals surface area contributed by atoms with Crippen molar-refractivity contribution in [2.45, 2.75) is 19.3 Å². The summed E-state index contributed by atoms with van der Waals surface area (Å²) in [4.78, 5) is 28.0. The molecule has 2 aromatic carbocycles. The first-order valence-corrected chi connectivity index (χ1v) is 9.89. The van der Waals surface area contributed by atoms with Gasteiger partial charge in [-0.25, -0.2) is 0 Å². The molecule has 1 heterocycles. The number of likely N-dealkylation sites (tertiary alicyclic amines) is 1. The van der Waals surface area contributed by atoms with Gasteiger partial charge in [0.1, 0.15) is 0 Å². The first-order chi connectivity index (χ1) is 13.5. The highest BCUT2D eigenvalue weighted by Gasteiger charge is 2.21. The van der Waals surface area contributed by atoms with Crippen LogP contribution in [0.15, 0.2) is 54.6 Å². The number of nitrogens with zero attached hydrogens (tertiary/aromatic N) is 2. The van der Waals surface area contributed by atoms with Crippen LogP contribution in [-0.4, -0.2) is 55.3 Å². The fourth-order valence-electron chi connectivity index (χ4n) is 3.65. The number of hydrogen-bond acceptors (Lipinski definition) is 3. The minimum Gasteiger partial charge on any atom is -0.345 e. The summed E-state index contributed by atoms with van der Waals surface area (Å²) in [5.41, 5.74) is 2.73. The zero-order valence-corrected chi connectivity index (χ0v) is 16.7. The van der Waals surface area contributed by atoms with Gasteiger partial charge < -0.3 is 10.2 Å². The third-order valence-electron chi connectivity index (χ3n) is 5.26. The topological polar surface area (TPSA) is 52.7 Å². The normalized spacial score (nSPS) is 15.2. The van der Waals surface area contributed by atoms with Crippen molar-refractivity contribution in [2.75, 3.05) is 39.0 Å². The number of rotatable bonds is 6. The summed E-state index contributed by atoms with van der Waals surface area (Å²) >= 11 is 0. The van der Waals surface area contributed by atoms with Gasteiger partial charge in [-0.2, -0.15) is 0 Å². The van der Waals surface area contributed by atoms with E-state index in [9.17, 15) is 9.59 Å². The monoisotopic (exact) mass is 379 g/mol. The molecule has 0 aromatic heterocycles. The Morgan fingerprint density at radius 1 is 1.00 bits per heavy atom. The molecule has 5 nitrogen and oxygen atoms in total. The first-order valence-electron chi connectivity index (χ1n) is 9.89. The molecule has 0 aliphatic carbocycles. The molecule has 0 bridgehead atoms. The van der Waals surface area contributed by atoms with Crippen molar-refractivity contribution < 1.29 is 9.59 Å². The van der Waals surface area contributed by atoms with E-state index < -0.39 is 0 Å². The Hall–Kier alpha value is -2.66. The highest BCUT2D eigenvalue weighted by Crippen LogP contribution is 2.21. The predicted octanol–water partition coefficient (Wildman–Crippen LogP) is 3.28. The van der Waals surface area contributed by atoms with Crippen LogP contribution in [-0.2, 0) is 11.2 Å². The predicted molar refractivity (Wildman–Crippen MR) is 112 cm³/mol. The Kier molecular flexibility index (Phi) is 6.82. The van der Waals surface area contributed by atoms with Gasteiger partial charge in [-0.3, -0.25) is 14.5 Å². The standard InChI is InChI=1S/C23H29N3O2/c1-25(2)23(28)20-8-10-21(11-9-20)24-22(27)17-26-14-12-19(13-15-26)16-18-6-4-3-5-7-18/h3-11,19H,12-17H2,1-2H3,(H,24,27).